The predicted octanol–water partition coefficient (Wildman–Crippen LogP) is 2.27. The zero-order valence-electron chi connectivity index (χ0n) is 15.5. The fourth-order valence-electron chi connectivity index (χ4n) is 2.89. The Hall–Kier alpha value is -2.37. The monoisotopic (exact) mass is 458 g/mol. The van der Waals surface area contributed by atoms with E-state index in [4.69, 9.17) is 16.7 Å². The normalized spacial score (nSPS) is 14.7. The summed E-state index contributed by atoms with van der Waals surface area (Å²) >= 11 is 7.08. The van der Waals surface area contributed by atoms with Gasteiger partial charge in [-0.15, -0.1) is 11.3 Å². The van der Waals surface area contributed by atoms with Crippen LogP contribution in [0.15, 0.2) is 29.3 Å². The summed E-state index contributed by atoms with van der Waals surface area (Å²) in [6, 6.07) is 4.62. The third-order valence-electron chi connectivity index (χ3n) is 4.51. The first-order chi connectivity index (χ1) is 13.7. The molecule has 0 radical (unpaired) electrons. The van der Waals surface area contributed by atoms with Crippen LogP contribution in [0.3, 0.4) is 0 Å². The number of hydrogen-bond donors (Lipinski definition) is 2. The van der Waals surface area contributed by atoms with Gasteiger partial charge in [0, 0.05) is 42.3 Å². The van der Waals surface area contributed by atoms with Crippen LogP contribution in [0.5, 0.6) is 0 Å². The smallest absolute Gasteiger partial charge is 0.407 e. The Balaban J connectivity index is 1.63. The number of anilines is 1. The van der Waals surface area contributed by atoms with Crippen molar-refractivity contribution in [2.45, 2.75) is 18.2 Å². The van der Waals surface area contributed by atoms with Crippen LogP contribution in [-0.4, -0.2) is 66.5 Å². The highest BCUT2D eigenvalue weighted by Gasteiger charge is 2.25. The van der Waals surface area contributed by atoms with Crippen LogP contribution < -0.4 is 4.72 Å². The SMILES string of the molecule is Cc1c(Cl)cccc1S(=O)(=O)Nc1ncc(CC(=O)N2CCN(C(=O)O)CC2)s1. The number of rotatable bonds is 5. The van der Waals surface area contributed by atoms with Crippen molar-refractivity contribution in [2.75, 3.05) is 30.9 Å². The summed E-state index contributed by atoms with van der Waals surface area (Å²) in [5.41, 5.74) is 0.439. The molecule has 0 bridgehead atoms. The molecular formula is C17H19ClN4O5S2. The van der Waals surface area contributed by atoms with E-state index in [1.54, 1.807) is 24.0 Å². The molecular weight excluding hydrogens is 440 g/mol. The van der Waals surface area contributed by atoms with Gasteiger partial charge in [0.25, 0.3) is 10.0 Å². The minimum atomic E-state index is -3.86. The quantitative estimate of drug-likeness (QED) is 0.709. The second-order valence-electron chi connectivity index (χ2n) is 6.43. The molecule has 156 valence electrons. The molecule has 0 unspecified atom stereocenters. The topological polar surface area (TPSA) is 120 Å². The summed E-state index contributed by atoms with van der Waals surface area (Å²) in [4.78, 5) is 30.9. The molecule has 0 spiro atoms. The van der Waals surface area contributed by atoms with Gasteiger partial charge in [-0.1, -0.05) is 17.7 Å². The lowest BCUT2D eigenvalue weighted by Gasteiger charge is -2.33. The van der Waals surface area contributed by atoms with Crippen molar-refractivity contribution >= 4 is 50.1 Å². The van der Waals surface area contributed by atoms with Gasteiger partial charge in [0.05, 0.1) is 11.3 Å². The minimum Gasteiger partial charge on any atom is -0.465 e. The van der Waals surface area contributed by atoms with E-state index in [0.29, 0.717) is 28.6 Å². The molecule has 0 saturated carbocycles. The Labute approximate surface area is 177 Å². The van der Waals surface area contributed by atoms with Gasteiger partial charge < -0.3 is 14.9 Å². The molecule has 1 fully saturated rings. The molecule has 2 aromatic rings. The molecule has 29 heavy (non-hydrogen) atoms. The average Bonchev–Trinajstić information content (AvgIpc) is 3.09. The van der Waals surface area contributed by atoms with Crippen LogP contribution in [0.2, 0.25) is 5.02 Å². The molecule has 1 aromatic heterocycles. The number of sulfonamides is 1. The van der Waals surface area contributed by atoms with Gasteiger partial charge >= 0.3 is 6.09 Å². The van der Waals surface area contributed by atoms with Gasteiger partial charge in [-0.2, -0.15) is 0 Å². The minimum absolute atomic E-state index is 0.0640. The zero-order chi connectivity index (χ0) is 21.2. The van der Waals surface area contributed by atoms with Gasteiger partial charge in [0.1, 0.15) is 0 Å². The molecule has 1 aliphatic rings. The molecule has 0 aliphatic carbocycles. The largest absolute Gasteiger partial charge is 0.465 e. The number of halogens is 1. The maximum atomic E-state index is 12.6. The van der Waals surface area contributed by atoms with Crippen molar-refractivity contribution < 1.29 is 23.1 Å². The third kappa shape index (κ3) is 4.98. The zero-order valence-corrected chi connectivity index (χ0v) is 17.9. The van der Waals surface area contributed by atoms with Crippen LogP contribution in [0.25, 0.3) is 0 Å². The maximum absolute atomic E-state index is 12.6. The molecule has 1 saturated heterocycles. The molecule has 2 heterocycles. The molecule has 9 nitrogen and oxygen atoms in total. The lowest BCUT2D eigenvalue weighted by atomic mass is 10.2. The Morgan fingerprint density at radius 1 is 1.24 bits per heavy atom. The number of thiazole rings is 1. The van der Waals surface area contributed by atoms with E-state index in [1.807, 2.05) is 0 Å². The second kappa shape index (κ2) is 8.56. The molecule has 0 atom stereocenters. The van der Waals surface area contributed by atoms with Gasteiger partial charge in [0.2, 0.25) is 5.91 Å². The van der Waals surface area contributed by atoms with E-state index in [-0.39, 0.29) is 35.4 Å². The fraction of sp³-hybridized carbons (Fsp3) is 0.353. The van der Waals surface area contributed by atoms with Crippen molar-refractivity contribution in [1.82, 2.24) is 14.8 Å². The van der Waals surface area contributed by atoms with Crippen molar-refractivity contribution in [2.24, 2.45) is 0 Å². The number of nitrogens with one attached hydrogen (secondary N) is 1. The highest BCUT2D eigenvalue weighted by molar-refractivity contribution is 7.93. The van der Waals surface area contributed by atoms with Crippen molar-refractivity contribution in [3.8, 4) is 0 Å². The number of hydrogen-bond acceptors (Lipinski definition) is 6. The molecule has 1 aromatic carbocycles. The Bertz CT molecular complexity index is 1030. The van der Waals surface area contributed by atoms with Crippen LogP contribution in [-0.2, 0) is 21.2 Å². The van der Waals surface area contributed by atoms with E-state index in [1.165, 1.54) is 17.2 Å². The number of piperazine rings is 1. The number of carbonyl (C=O) groups is 2. The van der Waals surface area contributed by atoms with Crippen molar-refractivity contribution in [3.05, 3.63) is 39.9 Å². The van der Waals surface area contributed by atoms with Crippen LogP contribution in [0.1, 0.15) is 10.4 Å². The van der Waals surface area contributed by atoms with E-state index >= 15 is 0 Å². The Kier molecular flexibility index (Phi) is 6.30. The van der Waals surface area contributed by atoms with E-state index in [9.17, 15) is 18.0 Å². The summed E-state index contributed by atoms with van der Waals surface area (Å²) in [6.07, 6.45) is 0.535. The number of aromatic nitrogens is 1. The average molecular weight is 459 g/mol. The van der Waals surface area contributed by atoms with Crippen molar-refractivity contribution in [1.29, 1.82) is 0 Å². The van der Waals surface area contributed by atoms with Crippen molar-refractivity contribution in [3.63, 3.8) is 0 Å². The van der Waals surface area contributed by atoms with E-state index in [0.717, 1.165) is 11.3 Å². The van der Waals surface area contributed by atoms with E-state index in [2.05, 4.69) is 9.71 Å². The third-order valence-corrected chi connectivity index (χ3v) is 7.45. The lowest BCUT2D eigenvalue weighted by Crippen LogP contribution is -2.50. The number of amides is 2. The van der Waals surface area contributed by atoms with Gasteiger partial charge in [-0.3, -0.25) is 9.52 Å². The first-order valence-electron chi connectivity index (χ1n) is 8.65. The van der Waals surface area contributed by atoms with Gasteiger partial charge in [-0.05, 0) is 24.6 Å². The highest BCUT2D eigenvalue weighted by Crippen LogP contribution is 2.27. The second-order valence-corrected chi connectivity index (χ2v) is 9.60. The van der Waals surface area contributed by atoms with Gasteiger partial charge in [-0.25, -0.2) is 18.2 Å². The maximum Gasteiger partial charge on any atom is 0.407 e. The standard InChI is InChI=1S/C17H19ClN4O5S2/c1-11-13(18)3-2-4-14(11)29(26,27)20-16-19-10-12(28-16)9-15(23)21-5-7-22(8-6-21)17(24)25/h2-4,10H,5-9H2,1H3,(H,19,20)(H,24,25). The molecule has 12 heteroatoms. The fourth-order valence-corrected chi connectivity index (χ4v) is 5.44. The van der Waals surface area contributed by atoms with Crippen LogP contribution >= 0.6 is 22.9 Å². The lowest BCUT2D eigenvalue weighted by molar-refractivity contribution is -0.131. The number of carboxylic acid groups (broad SMARTS) is 1. The summed E-state index contributed by atoms with van der Waals surface area (Å²) < 4.78 is 27.6. The summed E-state index contributed by atoms with van der Waals surface area (Å²) in [6.45, 7) is 2.82. The number of nitrogens with zero attached hydrogens (tertiary/aromatic N) is 3. The number of benzene rings is 1. The highest BCUT2D eigenvalue weighted by atomic mass is 35.5. The molecule has 3 rings (SSSR count). The first-order valence-corrected chi connectivity index (χ1v) is 11.3. The molecule has 2 N–H and O–H groups in total. The Morgan fingerprint density at radius 2 is 1.90 bits per heavy atom. The summed E-state index contributed by atoms with van der Waals surface area (Å²) in [5, 5.41) is 9.46. The van der Waals surface area contributed by atoms with Gasteiger partial charge in [0.15, 0.2) is 5.13 Å². The van der Waals surface area contributed by atoms with Crippen LogP contribution in [0, 0.1) is 6.92 Å². The number of carbonyl (C=O) groups excluding carboxylic acids is 1. The van der Waals surface area contributed by atoms with E-state index < -0.39 is 16.1 Å². The van der Waals surface area contributed by atoms with Crippen LogP contribution in [0.4, 0.5) is 9.93 Å². The first kappa shape index (κ1) is 21.3. The molecule has 2 amide bonds. The summed E-state index contributed by atoms with van der Waals surface area (Å²) in [5.74, 6) is -0.154. The Morgan fingerprint density at radius 3 is 2.55 bits per heavy atom. The summed E-state index contributed by atoms with van der Waals surface area (Å²) in [7, 11) is -3.86. The molecule has 1 aliphatic heterocycles. The predicted molar refractivity (Wildman–Crippen MR) is 109 cm³/mol.